The number of nitrogens with two attached hydrogens (primary N) is 1. The number of primary amides is 1. The number of ether oxygens (including phenoxy) is 1. The second kappa shape index (κ2) is 10.7. The van der Waals surface area contributed by atoms with Crippen LogP contribution < -0.4 is 26.0 Å². The fourth-order valence-corrected chi connectivity index (χ4v) is 4.97. The van der Waals surface area contributed by atoms with Gasteiger partial charge in [-0.3, -0.25) is 13.6 Å². The van der Waals surface area contributed by atoms with E-state index in [0.717, 1.165) is 23.0 Å². The lowest BCUT2D eigenvalue weighted by Gasteiger charge is -2.21. The highest BCUT2D eigenvalue weighted by atomic mass is 32.1. The van der Waals surface area contributed by atoms with Crippen LogP contribution in [0.25, 0.3) is 11.0 Å². The Morgan fingerprint density at radius 1 is 1.18 bits per heavy atom. The van der Waals surface area contributed by atoms with Gasteiger partial charge >= 0.3 is 0 Å². The van der Waals surface area contributed by atoms with Gasteiger partial charge in [-0.2, -0.15) is 9.97 Å². The van der Waals surface area contributed by atoms with E-state index in [9.17, 15) is 14.0 Å². The number of likely N-dealkylation sites (N-methyl/N-ethyl adjacent to an activating group) is 1. The van der Waals surface area contributed by atoms with Crippen molar-refractivity contribution in [1.82, 2.24) is 18.8 Å². The molecule has 4 aromatic rings. The van der Waals surface area contributed by atoms with E-state index in [-0.39, 0.29) is 29.7 Å². The number of rotatable bonds is 8. The average Bonchev–Trinajstić information content (AvgIpc) is 3.43. The third kappa shape index (κ3) is 5.00. The summed E-state index contributed by atoms with van der Waals surface area (Å²) in [5.41, 5.74) is 8.92. The predicted molar refractivity (Wildman–Crippen MR) is 156 cm³/mol. The summed E-state index contributed by atoms with van der Waals surface area (Å²) in [6.45, 7) is 2.72. The van der Waals surface area contributed by atoms with Crippen LogP contribution in [0.2, 0.25) is 0 Å². The Bertz CT molecular complexity index is 1660. The lowest BCUT2D eigenvalue weighted by Crippen LogP contribution is -2.36. The number of nitrogens with zero attached hydrogens (tertiary/aromatic N) is 5. The zero-order valence-corrected chi connectivity index (χ0v) is 23.3. The van der Waals surface area contributed by atoms with Crippen LogP contribution in [0.1, 0.15) is 21.6 Å². The van der Waals surface area contributed by atoms with Crippen LogP contribution in [-0.4, -0.2) is 64.9 Å². The zero-order chi connectivity index (χ0) is 28.7. The quantitative estimate of drug-likeness (QED) is 0.239. The van der Waals surface area contributed by atoms with Gasteiger partial charge in [0.2, 0.25) is 11.9 Å². The van der Waals surface area contributed by atoms with Crippen molar-refractivity contribution in [2.45, 2.75) is 13.3 Å². The number of benzene rings is 2. The van der Waals surface area contributed by atoms with Crippen molar-refractivity contribution in [1.29, 1.82) is 0 Å². The van der Waals surface area contributed by atoms with Gasteiger partial charge in [0.25, 0.3) is 5.91 Å². The molecule has 11 nitrogen and oxygen atoms in total. The van der Waals surface area contributed by atoms with Crippen molar-refractivity contribution in [2.75, 3.05) is 49.8 Å². The molecule has 0 bridgehead atoms. The number of methoxy groups -OCH3 is 1. The minimum atomic E-state index is -0.913. The predicted octanol–water partition coefficient (Wildman–Crippen LogP) is 3.62. The molecule has 0 atom stereocenters. The second-order valence-electron chi connectivity index (χ2n) is 9.72. The lowest BCUT2D eigenvalue weighted by atomic mass is 10.1. The standard InChI is InChI=1S/C27H29FN8O3S/c1-14-10-16-25(30-18-7-5-6-17(28)23(18)24(29)38)32-27(33-26(16)36(14)40)31-19-12-20-15(11-21(19)39-4)8-9-35(20)22(37)13-34(2)3/h5-7,10-12,40H,8-9,13H2,1-4H3,(H2,29,38)(H2,30,31,32,33). The number of nitrogens with one attached hydrogen (secondary N) is 2. The Hall–Kier alpha value is -4.36. The van der Waals surface area contributed by atoms with E-state index >= 15 is 0 Å². The molecule has 2 amide bonds. The van der Waals surface area contributed by atoms with Gasteiger partial charge in [0.15, 0.2) is 5.65 Å². The third-order valence-corrected chi connectivity index (χ3v) is 7.13. The number of hydrogen-bond donors (Lipinski definition) is 4. The molecule has 1 aliphatic heterocycles. The molecule has 40 heavy (non-hydrogen) atoms. The fraction of sp³-hybridized carbons (Fsp3) is 0.259. The van der Waals surface area contributed by atoms with Crippen LogP contribution in [-0.2, 0) is 11.2 Å². The molecular weight excluding hydrogens is 535 g/mol. The summed E-state index contributed by atoms with van der Waals surface area (Å²) >= 11 is 4.55. The average molecular weight is 565 g/mol. The molecule has 0 fully saturated rings. The molecule has 13 heteroatoms. The number of aromatic nitrogens is 3. The van der Waals surface area contributed by atoms with E-state index < -0.39 is 11.7 Å². The second-order valence-corrected chi connectivity index (χ2v) is 10.1. The Morgan fingerprint density at radius 3 is 2.65 bits per heavy atom. The fourth-order valence-electron chi connectivity index (χ4n) is 4.76. The van der Waals surface area contributed by atoms with Gasteiger partial charge in [0.1, 0.15) is 17.4 Å². The molecule has 208 valence electrons. The first kappa shape index (κ1) is 27.2. The maximum atomic E-state index is 14.5. The molecule has 0 saturated carbocycles. The van der Waals surface area contributed by atoms with Crippen LogP contribution in [0.4, 0.5) is 33.2 Å². The number of anilines is 5. The lowest BCUT2D eigenvalue weighted by molar-refractivity contribution is -0.119. The summed E-state index contributed by atoms with van der Waals surface area (Å²) in [4.78, 5) is 37.7. The summed E-state index contributed by atoms with van der Waals surface area (Å²) in [5.74, 6) is -0.628. The van der Waals surface area contributed by atoms with Crippen LogP contribution in [0.3, 0.4) is 0 Å². The Morgan fingerprint density at radius 2 is 1.95 bits per heavy atom. The zero-order valence-electron chi connectivity index (χ0n) is 22.4. The highest BCUT2D eigenvalue weighted by Gasteiger charge is 2.27. The number of carbonyl (C=O) groups is 2. The van der Waals surface area contributed by atoms with Crippen LogP contribution in [0.5, 0.6) is 5.75 Å². The van der Waals surface area contributed by atoms with Crippen LogP contribution in [0.15, 0.2) is 36.4 Å². The normalized spacial score (nSPS) is 12.6. The molecule has 1 aliphatic rings. The van der Waals surface area contributed by atoms with Crippen LogP contribution in [0, 0.1) is 12.7 Å². The maximum Gasteiger partial charge on any atom is 0.253 e. The first-order chi connectivity index (χ1) is 19.1. The minimum absolute atomic E-state index is 0.00672. The monoisotopic (exact) mass is 564 g/mol. The van der Waals surface area contributed by atoms with E-state index in [1.165, 1.54) is 12.1 Å². The Kier molecular flexibility index (Phi) is 7.25. The van der Waals surface area contributed by atoms with Gasteiger partial charge in [-0.25, -0.2) is 4.39 Å². The van der Waals surface area contributed by atoms with E-state index in [2.05, 4.69) is 33.4 Å². The number of aryl methyl sites for hydroxylation is 1. The number of hydrogen-bond acceptors (Lipinski definition) is 9. The van der Waals surface area contributed by atoms with Gasteiger partial charge in [0.05, 0.1) is 36.0 Å². The molecule has 0 radical (unpaired) electrons. The smallest absolute Gasteiger partial charge is 0.253 e. The summed E-state index contributed by atoms with van der Waals surface area (Å²) < 4.78 is 21.7. The van der Waals surface area contributed by atoms with Crippen molar-refractivity contribution in [3.63, 3.8) is 0 Å². The number of amides is 2. The van der Waals surface area contributed by atoms with E-state index in [4.69, 9.17) is 10.5 Å². The summed E-state index contributed by atoms with van der Waals surface area (Å²) in [5, 5.41) is 6.85. The molecule has 3 heterocycles. The Balaban J connectivity index is 1.58. The molecule has 5 rings (SSSR count). The first-order valence-corrected chi connectivity index (χ1v) is 12.8. The summed E-state index contributed by atoms with van der Waals surface area (Å²) in [6, 6.07) is 9.73. The summed E-state index contributed by atoms with van der Waals surface area (Å²) in [6.07, 6.45) is 0.712. The van der Waals surface area contributed by atoms with Crippen molar-refractivity contribution in [2.24, 2.45) is 5.73 Å². The van der Waals surface area contributed by atoms with Gasteiger partial charge in [-0.05, 0) is 63.3 Å². The van der Waals surface area contributed by atoms with E-state index in [1.807, 2.05) is 44.1 Å². The first-order valence-electron chi connectivity index (χ1n) is 12.4. The summed E-state index contributed by atoms with van der Waals surface area (Å²) in [7, 11) is 5.26. The molecule has 4 N–H and O–H groups in total. The van der Waals surface area contributed by atoms with Gasteiger partial charge in [-0.1, -0.05) is 18.9 Å². The topological polar surface area (TPSA) is 131 Å². The van der Waals surface area contributed by atoms with Crippen molar-refractivity contribution >= 4 is 64.5 Å². The van der Waals surface area contributed by atoms with Gasteiger partial charge in [-0.15, -0.1) is 0 Å². The van der Waals surface area contributed by atoms with Gasteiger partial charge < -0.3 is 30.9 Å². The molecule has 0 saturated heterocycles. The third-order valence-electron chi connectivity index (χ3n) is 6.62. The molecule has 2 aromatic heterocycles. The molecular formula is C27H29FN8O3S. The van der Waals surface area contributed by atoms with Crippen molar-refractivity contribution in [3.05, 3.63) is 59.0 Å². The molecule has 0 spiro atoms. The van der Waals surface area contributed by atoms with Gasteiger partial charge in [0, 0.05) is 17.9 Å². The van der Waals surface area contributed by atoms with Crippen LogP contribution >= 0.6 is 12.8 Å². The Labute approximate surface area is 235 Å². The number of thiol groups is 1. The van der Waals surface area contributed by atoms with E-state index in [0.29, 0.717) is 41.3 Å². The SMILES string of the molecule is COc1cc2c(cc1Nc1nc(Nc3cccc(F)c3C(N)=O)c3cc(C)n(S)c3n1)N(C(=O)CN(C)C)CC2. The largest absolute Gasteiger partial charge is 0.495 e. The number of fused-ring (bicyclic) bond motifs is 2. The van der Waals surface area contributed by atoms with E-state index in [1.54, 1.807) is 16.0 Å². The highest BCUT2D eigenvalue weighted by molar-refractivity contribution is 7.78. The highest BCUT2D eigenvalue weighted by Crippen LogP contribution is 2.39. The molecule has 2 aromatic carbocycles. The molecule has 0 unspecified atom stereocenters. The van der Waals surface area contributed by atoms with Crippen molar-refractivity contribution < 1.29 is 18.7 Å². The number of carbonyl (C=O) groups excluding carboxylic acids is 2. The minimum Gasteiger partial charge on any atom is -0.495 e. The van der Waals surface area contributed by atoms with Crippen molar-refractivity contribution in [3.8, 4) is 5.75 Å². The molecule has 0 aliphatic carbocycles. The number of halogens is 1. The maximum absolute atomic E-state index is 14.5.